The number of rotatable bonds is 4. The number of halogens is 2. The maximum atomic E-state index is 2.39. The molecule has 0 nitrogen and oxygen atoms in total. The first-order valence-corrected chi connectivity index (χ1v) is 5.74. The van der Waals surface area contributed by atoms with Gasteiger partial charge in [-0.1, -0.05) is 57.3 Å². The molecule has 0 spiro atoms. The van der Waals surface area contributed by atoms with Crippen LogP contribution >= 0.6 is 45.2 Å². The fraction of sp³-hybridized carbons (Fsp3) is 0.667. The van der Waals surface area contributed by atoms with Gasteiger partial charge in [0.25, 0.3) is 0 Å². The van der Waals surface area contributed by atoms with Gasteiger partial charge in [-0.15, -0.1) is 0 Å². The molecule has 0 saturated heterocycles. The maximum absolute atomic E-state index is 2.39. The summed E-state index contributed by atoms with van der Waals surface area (Å²) in [7, 11) is 0. The number of hydrogen-bond acceptors (Lipinski definition) is 0. The molecular formula is C6H10I2. The van der Waals surface area contributed by atoms with Crippen LogP contribution < -0.4 is 0 Å². The molecule has 0 aromatic heterocycles. The lowest BCUT2D eigenvalue weighted by atomic mass is 10.4. The SMILES string of the molecule is ICCC=CCCI. The van der Waals surface area contributed by atoms with Crippen LogP contribution in [-0.2, 0) is 0 Å². The molecule has 0 aromatic carbocycles. The Balaban J connectivity index is 2.83. The van der Waals surface area contributed by atoms with E-state index in [-0.39, 0.29) is 0 Å². The first-order valence-electron chi connectivity index (χ1n) is 2.68. The van der Waals surface area contributed by atoms with Crippen molar-refractivity contribution in [2.45, 2.75) is 12.8 Å². The van der Waals surface area contributed by atoms with Crippen molar-refractivity contribution in [3.05, 3.63) is 12.2 Å². The van der Waals surface area contributed by atoms with Crippen LogP contribution in [0, 0.1) is 0 Å². The highest BCUT2D eigenvalue weighted by atomic mass is 127. The third-order valence-corrected chi connectivity index (χ3v) is 1.96. The maximum Gasteiger partial charge on any atom is 0.00299 e. The summed E-state index contributed by atoms with van der Waals surface area (Å²) in [6, 6.07) is 0. The predicted molar refractivity (Wildman–Crippen MR) is 56.1 cm³/mol. The molecule has 0 aliphatic carbocycles. The van der Waals surface area contributed by atoms with E-state index >= 15 is 0 Å². The number of alkyl halides is 2. The van der Waals surface area contributed by atoms with Crippen LogP contribution in [0.5, 0.6) is 0 Å². The van der Waals surface area contributed by atoms with Crippen molar-refractivity contribution in [3.8, 4) is 0 Å². The molecule has 0 aliphatic heterocycles. The van der Waals surface area contributed by atoms with Gasteiger partial charge in [-0.2, -0.15) is 0 Å². The molecule has 0 amide bonds. The lowest BCUT2D eigenvalue weighted by Gasteiger charge is -1.81. The normalized spacial score (nSPS) is 10.8. The molecule has 8 heavy (non-hydrogen) atoms. The van der Waals surface area contributed by atoms with Gasteiger partial charge in [0.2, 0.25) is 0 Å². The quantitative estimate of drug-likeness (QED) is 0.420. The van der Waals surface area contributed by atoms with E-state index in [1.54, 1.807) is 0 Å². The molecule has 0 aromatic rings. The molecule has 0 fully saturated rings. The molecule has 48 valence electrons. The highest BCUT2D eigenvalue weighted by Gasteiger charge is 1.73. The van der Waals surface area contributed by atoms with E-state index < -0.39 is 0 Å². The van der Waals surface area contributed by atoms with E-state index in [0.29, 0.717) is 0 Å². The zero-order valence-electron chi connectivity index (χ0n) is 4.74. The Morgan fingerprint density at radius 2 is 1.25 bits per heavy atom. The smallest absolute Gasteiger partial charge is 0.00299 e. The van der Waals surface area contributed by atoms with Gasteiger partial charge in [0.05, 0.1) is 0 Å². The van der Waals surface area contributed by atoms with Gasteiger partial charge in [-0.3, -0.25) is 0 Å². The van der Waals surface area contributed by atoms with E-state index in [2.05, 4.69) is 57.3 Å². The summed E-state index contributed by atoms with van der Waals surface area (Å²) in [6.45, 7) is 0. The van der Waals surface area contributed by atoms with Crippen LogP contribution in [0.3, 0.4) is 0 Å². The summed E-state index contributed by atoms with van der Waals surface area (Å²) in [4.78, 5) is 0. The predicted octanol–water partition coefficient (Wildman–Crippen LogP) is 3.19. The van der Waals surface area contributed by atoms with Crippen LogP contribution in [0.1, 0.15) is 12.8 Å². The number of allylic oxidation sites excluding steroid dienone is 2. The fourth-order valence-corrected chi connectivity index (χ4v) is 1.08. The largest absolute Gasteiger partial charge is 0.0878 e. The average molecular weight is 336 g/mol. The van der Waals surface area contributed by atoms with Crippen molar-refractivity contribution in [3.63, 3.8) is 0 Å². The molecule has 0 heterocycles. The van der Waals surface area contributed by atoms with Crippen molar-refractivity contribution in [1.29, 1.82) is 0 Å². The molecule has 0 atom stereocenters. The van der Waals surface area contributed by atoms with E-state index in [1.807, 2.05) is 0 Å². The highest BCUT2D eigenvalue weighted by molar-refractivity contribution is 14.1. The van der Waals surface area contributed by atoms with Gasteiger partial charge in [0, 0.05) is 8.86 Å². The van der Waals surface area contributed by atoms with E-state index in [1.165, 1.54) is 21.7 Å². The van der Waals surface area contributed by atoms with Crippen molar-refractivity contribution in [2.75, 3.05) is 8.86 Å². The van der Waals surface area contributed by atoms with E-state index in [0.717, 1.165) is 0 Å². The Morgan fingerprint density at radius 1 is 0.875 bits per heavy atom. The summed E-state index contributed by atoms with van der Waals surface area (Å²) in [5, 5.41) is 0. The minimum Gasteiger partial charge on any atom is -0.0878 e. The summed E-state index contributed by atoms with van der Waals surface area (Å²) in [5.41, 5.74) is 0. The molecule has 0 N–H and O–H groups in total. The second-order valence-corrected chi connectivity index (χ2v) is 3.58. The zero-order valence-corrected chi connectivity index (χ0v) is 9.05. The molecular weight excluding hydrogens is 326 g/mol. The molecule has 0 unspecified atom stereocenters. The first kappa shape index (κ1) is 9.20. The molecule has 0 radical (unpaired) electrons. The van der Waals surface area contributed by atoms with Crippen LogP contribution in [0.4, 0.5) is 0 Å². The Kier molecular flexibility index (Phi) is 9.43. The van der Waals surface area contributed by atoms with Gasteiger partial charge in [0.15, 0.2) is 0 Å². The second kappa shape index (κ2) is 8.20. The standard InChI is InChI=1S/C6H10I2/c7-5-3-1-2-4-6-8/h1-2H,3-6H2. The third kappa shape index (κ3) is 7.20. The Bertz CT molecular complexity index is 51.5. The van der Waals surface area contributed by atoms with Crippen LogP contribution in [-0.4, -0.2) is 8.86 Å². The monoisotopic (exact) mass is 336 g/mol. The van der Waals surface area contributed by atoms with Crippen LogP contribution in [0.25, 0.3) is 0 Å². The van der Waals surface area contributed by atoms with Gasteiger partial charge in [-0.05, 0) is 12.8 Å². The summed E-state index contributed by atoms with van der Waals surface area (Å²) in [6.07, 6.45) is 6.98. The average Bonchev–Trinajstić information content (AvgIpc) is 1.81. The molecule has 0 aliphatic rings. The van der Waals surface area contributed by atoms with Crippen molar-refractivity contribution >= 4 is 45.2 Å². The van der Waals surface area contributed by atoms with Gasteiger partial charge in [0.1, 0.15) is 0 Å². The van der Waals surface area contributed by atoms with Gasteiger partial charge >= 0.3 is 0 Å². The number of hydrogen-bond donors (Lipinski definition) is 0. The van der Waals surface area contributed by atoms with Crippen molar-refractivity contribution < 1.29 is 0 Å². The molecule has 0 rings (SSSR count). The minimum absolute atomic E-state index is 1.23. The lowest BCUT2D eigenvalue weighted by molar-refractivity contribution is 1.20. The lowest BCUT2D eigenvalue weighted by Crippen LogP contribution is -1.67. The molecule has 0 bridgehead atoms. The summed E-state index contributed by atoms with van der Waals surface area (Å²) >= 11 is 4.77. The van der Waals surface area contributed by atoms with Gasteiger partial charge < -0.3 is 0 Å². The zero-order chi connectivity index (χ0) is 6.24. The van der Waals surface area contributed by atoms with E-state index in [9.17, 15) is 0 Å². The Morgan fingerprint density at radius 3 is 1.50 bits per heavy atom. The highest BCUT2D eigenvalue weighted by Crippen LogP contribution is 1.94. The van der Waals surface area contributed by atoms with Gasteiger partial charge in [-0.25, -0.2) is 0 Å². The van der Waals surface area contributed by atoms with Crippen LogP contribution in [0.2, 0.25) is 0 Å². The summed E-state index contributed by atoms with van der Waals surface area (Å²) in [5.74, 6) is 0. The van der Waals surface area contributed by atoms with Crippen molar-refractivity contribution in [2.24, 2.45) is 0 Å². The Hall–Kier alpha value is 1.20. The van der Waals surface area contributed by atoms with Crippen LogP contribution in [0.15, 0.2) is 12.2 Å². The minimum atomic E-state index is 1.23. The molecule has 2 heteroatoms. The third-order valence-electron chi connectivity index (χ3n) is 0.718. The topological polar surface area (TPSA) is 0 Å². The Labute approximate surface area is 78.4 Å². The first-order chi connectivity index (χ1) is 3.91. The van der Waals surface area contributed by atoms with E-state index in [4.69, 9.17) is 0 Å². The summed E-state index contributed by atoms with van der Waals surface area (Å²) < 4.78 is 2.49. The fourth-order valence-electron chi connectivity index (χ4n) is 0.362. The molecule has 0 saturated carbocycles. The van der Waals surface area contributed by atoms with Crippen molar-refractivity contribution in [1.82, 2.24) is 0 Å². The second-order valence-electron chi connectivity index (χ2n) is 1.43.